The number of ether oxygens (including phenoxy) is 2. The van der Waals surface area contributed by atoms with Crippen molar-refractivity contribution in [1.29, 1.82) is 0 Å². The van der Waals surface area contributed by atoms with Crippen molar-refractivity contribution in [2.75, 3.05) is 19.0 Å². The normalized spacial score (nSPS) is 9.37. The number of urea groups is 1. The molecular formula is C12H14N2O5. The van der Waals surface area contributed by atoms with E-state index >= 15 is 0 Å². The summed E-state index contributed by atoms with van der Waals surface area (Å²) in [5.41, 5.74) is 0.432. The Labute approximate surface area is 109 Å². The molecule has 0 saturated carbocycles. The van der Waals surface area contributed by atoms with Gasteiger partial charge in [0.05, 0.1) is 7.11 Å². The first-order valence-corrected chi connectivity index (χ1v) is 5.41. The molecule has 102 valence electrons. The number of hydrogen-bond acceptors (Lipinski definition) is 5. The van der Waals surface area contributed by atoms with E-state index < -0.39 is 18.0 Å². The van der Waals surface area contributed by atoms with Gasteiger partial charge in [-0.2, -0.15) is 0 Å². The Morgan fingerprint density at radius 1 is 1.26 bits per heavy atom. The molecule has 0 saturated heterocycles. The van der Waals surface area contributed by atoms with E-state index in [9.17, 15) is 14.4 Å². The first-order chi connectivity index (χ1) is 9.01. The summed E-state index contributed by atoms with van der Waals surface area (Å²) >= 11 is 0. The van der Waals surface area contributed by atoms with Gasteiger partial charge in [-0.25, -0.2) is 4.79 Å². The Morgan fingerprint density at radius 3 is 2.63 bits per heavy atom. The predicted molar refractivity (Wildman–Crippen MR) is 66.8 cm³/mol. The minimum Gasteiger partial charge on any atom is -0.468 e. The number of anilines is 1. The Morgan fingerprint density at radius 2 is 2.00 bits per heavy atom. The van der Waals surface area contributed by atoms with Gasteiger partial charge in [-0.1, -0.05) is 6.07 Å². The number of carbonyl (C=O) groups is 3. The molecule has 0 aromatic heterocycles. The maximum Gasteiger partial charge on any atom is 0.325 e. The molecule has 1 aromatic carbocycles. The molecule has 0 heterocycles. The highest BCUT2D eigenvalue weighted by atomic mass is 16.5. The molecule has 0 aliphatic carbocycles. The quantitative estimate of drug-likeness (QED) is 0.624. The number of amides is 2. The lowest BCUT2D eigenvalue weighted by Gasteiger charge is -2.08. The van der Waals surface area contributed by atoms with E-state index in [1.165, 1.54) is 20.1 Å². The summed E-state index contributed by atoms with van der Waals surface area (Å²) in [6.45, 7) is 1.05. The van der Waals surface area contributed by atoms with Crippen LogP contribution in [0.5, 0.6) is 5.75 Å². The maximum atomic E-state index is 11.4. The molecule has 0 bridgehead atoms. The largest absolute Gasteiger partial charge is 0.468 e. The van der Waals surface area contributed by atoms with Gasteiger partial charge in [0.25, 0.3) is 0 Å². The number of carbonyl (C=O) groups excluding carboxylic acids is 3. The second kappa shape index (κ2) is 7.00. The van der Waals surface area contributed by atoms with Gasteiger partial charge < -0.3 is 20.1 Å². The van der Waals surface area contributed by atoms with Crippen LogP contribution in [0.25, 0.3) is 0 Å². The predicted octanol–water partition coefficient (Wildman–Crippen LogP) is 0.906. The minimum absolute atomic E-state index is 0.230. The van der Waals surface area contributed by atoms with E-state index in [1.54, 1.807) is 18.2 Å². The van der Waals surface area contributed by atoms with E-state index in [-0.39, 0.29) is 6.54 Å². The summed E-state index contributed by atoms with van der Waals surface area (Å²) in [6.07, 6.45) is 0. The van der Waals surface area contributed by atoms with Crippen LogP contribution in [0.1, 0.15) is 6.92 Å². The van der Waals surface area contributed by atoms with Gasteiger partial charge in [0.1, 0.15) is 12.3 Å². The van der Waals surface area contributed by atoms with Gasteiger partial charge >= 0.3 is 18.0 Å². The molecule has 0 fully saturated rings. The topological polar surface area (TPSA) is 93.7 Å². The summed E-state index contributed by atoms with van der Waals surface area (Å²) in [6, 6.07) is 5.74. The Kier molecular flexibility index (Phi) is 5.34. The van der Waals surface area contributed by atoms with Crippen molar-refractivity contribution in [2.45, 2.75) is 6.92 Å². The molecule has 2 amide bonds. The van der Waals surface area contributed by atoms with Crippen LogP contribution in [0.4, 0.5) is 10.5 Å². The SMILES string of the molecule is COC(=O)CNC(=O)Nc1cccc(OC(C)=O)c1. The zero-order valence-electron chi connectivity index (χ0n) is 10.6. The van der Waals surface area contributed by atoms with Gasteiger partial charge in [-0.3, -0.25) is 9.59 Å². The first kappa shape index (κ1) is 14.5. The molecule has 0 atom stereocenters. The fourth-order valence-electron chi connectivity index (χ4n) is 1.20. The monoisotopic (exact) mass is 266 g/mol. The number of methoxy groups -OCH3 is 1. The first-order valence-electron chi connectivity index (χ1n) is 5.41. The molecule has 7 nitrogen and oxygen atoms in total. The van der Waals surface area contributed by atoms with E-state index in [0.717, 1.165) is 0 Å². The van der Waals surface area contributed by atoms with E-state index in [1.807, 2.05) is 0 Å². The van der Waals surface area contributed by atoms with Crippen molar-refractivity contribution in [3.63, 3.8) is 0 Å². The molecule has 0 unspecified atom stereocenters. The number of nitrogens with one attached hydrogen (secondary N) is 2. The number of esters is 2. The number of rotatable bonds is 4. The molecule has 1 aromatic rings. The van der Waals surface area contributed by atoms with E-state index in [0.29, 0.717) is 11.4 Å². The zero-order chi connectivity index (χ0) is 14.3. The average molecular weight is 266 g/mol. The lowest BCUT2D eigenvalue weighted by atomic mass is 10.3. The number of benzene rings is 1. The molecule has 0 radical (unpaired) electrons. The second-order valence-corrected chi connectivity index (χ2v) is 3.51. The molecule has 0 spiro atoms. The second-order valence-electron chi connectivity index (χ2n) is 3.51. The van der Waals surface area contributed by atoms with Crippen molar-refractivity contribution < 1.29 is 23.9 Å². The Balaban J connectivity index is 2.54. The van der Waals surface area contributed by atoms with E-state index in [2.05, 4.69) is 15.4 Å². The summed E-state index contributed by atoms with van der Waals surface area (Å²) in [5, 5.41) is 4.80. The maximum absolute atomic E-state index is 11.4. The van der Waals surface area contributed by atoms with Crippen LogP contribution in [0.3, 0.4) is 0 Å². The van der Waals surface area contributed by atoms with Crippen molar-refractivity contribution in [3.8, 4) is 5.75 Å². The van der Waals surface area contributed by atoms with Crippen molar-refractivity contribution in [1.82, 2.24) is 5.32 Å². The third-order valence-corrected chi connectivity index (χ3v) is 1.97. The van der Waals surface area contributed by atoms with Gasteiger partial charge in [0.15, 0.2) is 0 Å². The highest BCUT2D eigenvalue weighted by molar-refractivity contribution is 5.91. The molecule has 7 heteroatoms. The third-order valence-electron chi connectivity index (χ3n) is 1.97. The zero-order valence-corrected chi connectivity index (χ0v) is 10.6. The van der Waals surface area contributed by atoms with Crippen LogP contribution in [0.15, 0.2) is 24.3 Å². The highest BCUT2D eigenvalue weighted by Gasteiger charge is 2.06. The van der Waals surface area contributed by atoms with Crippen LogP contribution in [-0.4, -0.2) is 31.6 Å². The van der Waals surface area contributed by atoms with Crippen LogP contribution < -0.4 is 15.4 Å². The highest BCUT2D eigenvalue weighted by Crippen LogP contribution is 2.17. The van der Waals surface area contributed by atoms with Crippen LogP contribution in [0, 0.1) is 0 Å². The summed E-state index contributed by atoms with van der Waals surface area (Å²) in [4.78, 5) is 33.0. The van der Waals surface area contributed by atoms with Crippen LogP contribution >= 0.6 is 0 Å². The van der Waals surface area contributed by atoms with Crippen molar-refractivity contribution in [2.24, 2.45) is 0 Å². The Hall–Kier alpha value is -2.57. The summed E-state index contributed by atoms with van der Waals surface area (Å²) in [7, 11) is 1.23. The lowest BCUT2D eigenvalue weighted by Crippen LogP contribution is -2.33. The third kappa shape index (κ3) is 5.53. The van der Waals surface area contributed by atoms with Gasteiger partial charge in [0.2, 0.25) is 0 Å². The molecule has 19 heavy (non-hydrogen) atoms. The van der Waals surface area contributed by atoms with Crippen LogP contribution in [0.2, 0.25) is 0 Å². The fourth-order valence-corrected chi connectivity index (χ4v) is 1.20. The molecule has 0 aliphatic rings. The molecule has 0 aliphatic heterocycles. The summed E-state index contributed by atoms with van der Waals surface area (Å²) in [5.74, 6) is -0.686. The van der Waals surface area contributed by atoms with Gasteiger partial charge in [0, 0.05) is 18.7 Å². The molecule has 1 rings (SSSR count). The van der Waals surface area contributed by atoms with Gasteiger partial charge in [-0.15, -0.1) is 0 Å². The van der Waals surface area contributed by atoms with Crippen molar-refractivity contribution in [3.05, 3.63) is 24.3 Å². The standard InChI is InChI=1S/C12H14N2O5/c1-8(15)19-10-5-3-4-9(6-10)14-12(17)13-7-11(16)18-2/h3-6H,7H2,1-2H3,(H2,13,14,17). The molecule has 2 N–H and O–H groups in total. The Bertz CT molecular complexity index is 487. The van der Waals surface area contributed by atoms with Gasteiger partial charge in [-0.05, 0) is 12.1 Å². The number of hydrogen-bond donors (Lipinski definition) is 2. The average Bonchev–Trinajstić information content (AvgIpc) is 2.35. The minimum atomic E-state index is -0.564. The van der Waals surface area contributed by atoms with Crippen LogP contribution in [-0.2, 0) is 14.3 Å². The molecular weight excluding hydrogens is 252 g/mol. The smallest absolute Gasteiger partial charge is 0.325 e. The fraction of sp³-hybridized carbons (Fsp3) is 0.250. The van der Waals surface area contributed by atoms with E-state index in [4.69, 9.17) is 4.74 Å². The lowest BCUT2D eigenvalue weighted by molar-refractivity contribution is -0.139. The van der Waals surface area contributed by atoms with Crippen molar-refractivity contribution >= 4 is 23.7 Å². The summed E-state index contributed by atoms with van der Waals surface area (Å²) < 4.78 is 9.24.